The Morgan fingerprint density at radius 1 is 0.365 bits per heavy atom. The van der Waals surface area contributed by atoms with E-state index in [1.165, 1.54) is 21.9 Å². The van der Waals surface area contributed by atoms with Gasteiger partial charge in [0.15, 0.2) is 17.5 Å². The van der Waals surface area contributed by atoms with Crippen molar-refractivity contribution in [1.29, 1.82) is 0 Å². The number of aromatic nitrogens is 4. The van der Waals surface area contributed by atoms with Gasteiger partial charge in [0, 0.05) is 32.8 Å². The molecule has 0 atom stereocenters. The average Bonchev–Trinajstić information content (AvgIpc) is 3.56. The van der Waals surface area contributed by atoms with Crippen molar-refractivity contribution in [2.24, 2.45) is 0 Å². The highest BCUT2D eigenvalue weighted by Crippen LogP contribution is 2.51. The van der Waals surface area contributed by atoms with Crippen molar-refractivity contribution < 1.29 is 4.74 Å². The molecule has 1 aliphatic rings. The van der Waals surface area contributed by atoms with E-state index in [1.807, 2.05) is 60.7 Å². The Labute approximate surface area is 299 Å². The van der Waals surface area contributed by atoms with Gasteiger partial charge in [0.05, 0.1) is 22.1 Å². The van der Waals surface area contributed by atoms with Crippen molar-refractivity contribution in [1.82, 2.24) is 19.5 Å². The summed E-state index contributed by atoms with van der Waals surface area (Å²) in [5, 5.41) is 6.84. The second-order valence-electron chi connectivity index (χ2n) is 13.2. The lowest BCUT2D eigenvalue weighted by molar-refractivity contribution is 0.493. The molecule has 5 heteroatoms. The van der Waals surface area contributed by atoms with E-state index in [2.05, 4.69) is 114 Å². The van der Waals surface area contributed by atoms with Crippen LogP contribution in [0.15, 0.2) is 170 Å². The van der Waals surface area contributed by atoms with E-state index in [0.29, 0.717) is 17.5 Å². The molecule has 0 saturated heterocycles. The quantitative estimate of drug-likeness (QED) is 0.184. The van der Waals surface area contributed by atoms with E-state index < -0.39 is 0 Å². The predicted octanol–water partition coefficient (Wildman–Crippen LogP) is 12.0. The highest BCUT2D eigenvalue weighted by molar-refractivity contribution is 6.28. The fraction of sp³-hybridized carbons (Fsp3) is 0. The van der Waals surface area contributed by atoms with Crippen molar-refractivity contribution in [3.8, 4) is 62.5 Å². The van der Waals surface area contributed by atoms with Crippen LogP contribution >= 0.6 is 0 Å². The first-order valence-electron chi connectivity index (χ1n) is 17.5. The lowest BCUT2D eigenvalue weighted by Crippen LogP contribution is -2.01. The first-order chi connectivity index (χ1) is 25.8. The Morgan fingerprint density at radius 2 is 0.923 bits per heavy atom. The Bertz CT molecular complexity index is 2970. The molecule has 0 unspecified atom stereocenters. The second-order valence-corrected chi connectivity index (χ2v) is 13.2. The van der Waals surface area contributed by atoms with E-state index in [9.17, 15) is 0 Å². The summed E-state index contributed by atoms with van der Waals surface area (Å²) < 4.78 is 9.06. The maximum absolute atomic E-state index is 6.65. The number of nitrogens with zero attached hydrogens (tertiary/aromatic N) is 4. The first-order valence-corrected chi connectivity index (χ1v) is 17.5. The summed E-state index contributed by atoms with van der Waals surface area (Å²) in [4.78, 5) is 15.1. The topological polar surface area (TPSA) is 52.8 Å². The predicted molar refractivity (Wildman–Crippen MR) is 211 cm³/mol. The third-order valence-corrected chi connectivity index (χ3v) is 10.2. The largest absolute Gasteiger partial charge is 0.456 e. The van der Waals surface area contributed by atoms with Crippen LogP contribution in [-0.2, 0) is 0 Å². The smallest absolute Gasteiger partial charge is 0.164 e. The zero-order valence-corrected chi connectivity index (χ0v) is 27.9. The van der Waals surface area contributed by atoms with Gasteiger partial charge in [0.1, 0.15) is 11.5 Å². The molecule has 0 radical (unpaired) electrons. The van der Waals surface area contributed by atoms with Gasteiger partial charge >= 0.3 is 0 Å². The van der Waals surface area contributed by atoms with Crippen molar-refractivity contribution in [2.75, 3.05) is 0 Å². The Hall–Kier alpha value is -7.11. The van der Waals surface area contributed by atoms with E-state index in [-0.39, 0.29) is 0 Å². The maximum atomic E-state index is 6.65. The molecule has 5 nitrogen and oxygen atoms in total. The zero-order chi connectivity index (χ0) is 34.2. The molecule has 0 amide bonds. The number of benzene rings is 8. The molecular formula is C47H28N4O. The van der Waals surface area contributed by atoms with Crippen molar-refractivity contribution in [3.05, 3.63) is 170 Å². The molecule has 0 bridgehead atoms. The lowest BCUT2D eigenvalue weighted by Gasteiger charge is -2.18. The summed E-state index contributed by atoms with van der Waals surface area (Å²) in [7, 11) is 0. The van der Waals surface area contributed by atoms with Gasteiger partial charge in [-0.15, -0.1) is 0 Å². The fourth-order valence-corrected chi connectivity index (χ4v) is 7.95. The Balaban J connectivity index is 1.21. The maximum Gasteiger partial charge on any atom is 0.164 e. The summed E-state index contributed by atoms with van der Waals surface area (Å²) in [5.41, 5.74) is 8.50. The highest BCUT2D eigenvalue weighted by atomic mass is 16.5. The third kappa shape index (κ3) is 4.26. The minimum Gasteiger partial charge on any atom is -0.456 e. The average molecular weight is 665 g/mol. The standard InChI is InChI=1S/C47H28N4O/c1-4-14-29(15-5-1)36-28-39-44-42-34(36)22-12-24-40(42)52-41-25-13-23-38(43(41)44)51(39)37-27-26-35(32-20-10-11-21-33(32)37)47-49-45(30-16-6-2-7-17-30)48-46(50-47)31-18-8-3-9-19-31/h1-28H. The molecule has 10 aromatic rings. The SMILES string of the molecule is c1ccc(-c2nc(-c3ccccc3)nc(-c3ccc(-n4c5cccc6c5c5c7c(cccc7c(-c7ccccc7)cc54)O6)c4ccccc34)n2)cc1. The number of fused-ring (bicyclic) bond motifs is 1. The van der Waals surface area contributed by atoms with Gasteiger partial charge < -0.3 is 9.30 Å². The zero-order valence-electron chi connectivity index (χ0n) is 27.9. The number of rotatable bonds is 5. The van der Waals surface area contributed by atoms with Gasteiger partial charge in [0.2, 0.25) is 0 Å². The van der Waals surface area contributed by atoms with Gasteiger partial charge in [-0.05, 0) is 58.3 Å². The molecule has 8 aromatic carbocycles. The fourth-order valence-electron chi connectivity index (χ4n) is 7.95. The van der Waals surface area contributed by atoms with Gasteiger partial charge in [0.25, 0.3) is 0 Å². The number of ether oxygens (including phenoxy) is 1. The third-order valence-electron chi connectivity index (χ3n) is 10.2. The molecule has 1 aliphatic heterocycles. The lowest BCUT2D eigenvalue weighted by atomic mass is 9.93. The van der Waals surface area contributed by atoms with E-state index in [1.54, 1.807) is 0 Å². The summed E-state index contributed by atoms with van der Waals surface area (Å²) >= 11 is 0. The highest BCUT2D eigenvalue weighted by Gasteiger charge is 2.27. The van der Waals surface area contributed by atoms with Crippen LogP contribution in [0.25, 0.3) is 94.3 Å². The van der Waals surface area contributed by atoms with Crippen LogP contribution in [0.3, 0.4) is 0 Å². The molecule has 0 aliphatic carbocycles. The van der Waals surface area contributed by atoms with Gasteiger partial charge in [-0.1, -0.05) is 133 Å². The first kappa shape index (κ1) is 28.7. The molecule has 2 aromatic heterocycles. The van der Waals surface area contributed by atoms with Gasteiger partial charge in [-0.25, -0.2) is 15.0 Å². The molecule has 0 saturated carbocycles. The molecule has 11 rings (SSSR count). The van der Waals surface area contributed by atoms with E-state index in [4.69, 9.17) is 19.7 Å². The van der Waals surface area contributed by atoms with Gasteiger partial charge in [-0.3, -0.25) is 0 Å². The molecule has 0 fully saturated rings. The van der Waals surface area contributed by atoms with E-state index >= 15 is 0 Å². The molecule has 0 spiro atoms. The van der Waals surface area contributed by atoms with Crippen LogP contribution in [-0.4, -0.2) is 19.5 Å². The molecule has 3 heterocycles. The summed E-state index contributed by atoms with van der Waals surface area (Å²) in [5.74, 6) is 3.68. The van der Waals surface area contributed by atoms with Crippen LogP contribution in [0.1, 0.15) is 0 Å². The summed E-state index contributed by atoms with van der Waals surface area (Å²) in [6.45, 7) is 0. The van der Waals surface area contributed by atoms with Crippen LogP contribution < -0.4 is 4.74 Å². The minimum atomic E-state index is 0.633. The Kier molecular flexibility index (Phi) is 6.18. The molecule has 242 valence electrons. The van der Waals surface area contributed by atoms with Crippen molar-refractivity contribution in [2.45, 2.75) is 0 Å². The molecule has 52 heavy (non-hydrogen) atoms. The number of hydrogen-bond acceptors (Lipinski definition) is 4. The van der Waals surface area contributed by atoms with Crippen LogP contribution in [0, 0.1) is 0 Å². The van der Waals surface area contributed by atoms with Crippen LogP contribution in [0.2, 0.25) is 0 Å². The van der Waals surface area contributed by atoms with Crippen LogP contribution in [0.4, 0.5) is 0 Å². The minimum absolute atomic E-state index is 0.633. The van der Waals surface area contributed by atoms with Gasteiger partial charge in [-0.2, -0.15) is 0 Å². The molecular weight excluding hydrogens is 637 g/mol. The van der Waals surface area contributed by atoms with E-state index in [0.717, 1.165) is 66.5 Å². The van der Waals surface area contributed by atoms with Crippen molar-refractivity contribution in [3.63, 3.8) is 0 Å². The molecule has 0 N–H and O–H groups in total. The second kappa shape index (κ2) is 11.2. The monoisotopic (exact) mass is 664 g/mol. The summed E-state index contributed by atoms with van der Waals surface area (Å²) in [6, 6.07) is 59.0. The van der Waals surface area contributed by atoms with Crippen molar-refractivity contribution >= 4 is 43.4 Å². The number of hydrogen-bond donors (Lipinski definition) is 0. The normalized spacial score (nSPS) is 12.0. The Morgan fingerprint density at radius 3 is 1.62 bits per heavy atom. The summed E-state index contributed by atoms with van der Waals surface area (Å²) in [6.07, 6.45) is 0. The van der Waals surface area contributed by atoms with Crippen LogP contribution in [0.5, 0.6) is 11.5 Å².